The van der Waals surface area contributed by atoms with Crippen molar-refractivity contribution in [3.05, 3.63) is 47.5 Å². The SMILES string of the molecule is CN=C(NCCc1ccc(OC)c(OC)c1)N(C)Cc1ccc(OC)cc1OC.I. The molecule has 0 atom stereocenters. The minimum absolute atomic E-state index is 0. The molecule has 2 aromatic carbocycles. The molecule has 0 saturated heterocycles. The Bertz CT molecular complexity index is 830. The van der Waals surface area contributed by atoms with Gasteiger partial charge in [0.2, 0.25) is 0 Å². The number of aliphatic imine (C=N–C) groups is 1. The quantitative estimate of drug-likeness (QED) is 0.305. The summed E-state index contributed by atoms with van der Waals surface area (Å²) in [6, 6.07) is 11.8. The summed E-state index contributed by atoms with van der Waals surface area (Å²) in [6.45, 7) is 1.40. The van der Waals surface area contributed by atoms with Gasteiger partial charge in [0.15, 0.2) is 17.5 Å². The van der Waals surface area contributed by atoms with Crippen LogP contribution < -0.4 is 24.3 Å². The van der Waals surface area contributed by atoms with Crippen molar-refractivity contribution in [2.24, 2.45) is 4.99 Å². The van der Waals surface area contributed by atoms with Crippen LogP contribution in [0.2, 0.25) is 0 Å². The van der Waals surface area contributed by atoms with Crippen molar-refractivity contribution >= 4 is 29.9 Å². The third-order valence-corrected chi connectivity index (χ3v) is 4.62. The number of nitrogens with zero attached hydrogens (tertiary/aromatic N) is 2. The van der Waals surface area contributed by atoms with E-state index in [9.17, 15) is 0 Å². The third kappa shape index (κ3) is 6.86. The zero-order valence-electron chi connectivity index (χ0n) is 18.5. The highest BCUT2D eigenvalue weighted by Crippen LogP contribution is 2.28. The highest BCUT2D eigenvalue weighted by atomic mass is 127. The van der Waals surface area contributed by atoms with E-state index in [1.807, 2.05) is 43.4 Å². The van der Waals surface area contributed by atoms with E-state index >= 15 is 0 Å². The molecule has 2 aromatic rings. The minimum atomic E-state index is 0. The molecule has 0 heterocycles. The lowest BCUT2D eigenvalue weighted by atomic mass is 10.1. The van der Waals surface area contributed by atoms with Crippen molar-refractivity contribution in [2.45, 2.75) is 13.0 Å². The van der Waals surface area contributed by atoms with E-state index in [4.69, 9.17) is 18.9 Å². The van der Waals surface area contributed by atoms with Gasteiger partial charge in [0.05, 0.1) is 28.4 Å². The Morgan fingerprint density at radius 3 is 2.20 bits per heavy atom. The molecule has 0 radical (unpaired) electrons. The van der Waals surface area contributed by atoms with Gasteiger partial charge in [0.1, 0.15) is 11.5 Å². The first-order valence-corrected chi connectivity index (χ1v) is 9.39. The molecule has 7 nitrogen and oxygen atoms in total. The summed E-state index contributed by atoms with van der Waals surface area (Å²) in [4.78, 5) is 6.44. The first-order valence-electron chi connectivity index (χ1n) is 9.39. The number of guanidine groups is 1. The molecule has 0 aliphatic rings. The number of methoxy groups -OCH3 is 4. The van der Waals surface area contributed by atoms with E-state index in [1.54, 1.807) is 35.5 Å². The Labute approximate surface area is 196 Å². The Hall–Kier alpha value is -2.36. The van der Waals surface area contributed by atoms with Gasteiger partial charge in [-0.1, -0.05) is 6.07 Å². The first-order chi connectivity index (χ1) is 14.1. The topological polar surface area (TPSA) is 64.6 Å². The van der Waals surface area contributed by atoms with E-state index in [1.165, 1.54) is 0 Å². The van der Waals surface area contributed by atoms with Crippen LogP contribution in [-0.4, -0.2) is 59.9 Å². The summed E-state index contributed by atoms with van der Waals surface area (Å²) in [5, 5.41) is 3.40. The molecule has 8 heteroatoms. The summed E-state index contributed by atoms with van der Waals surface area (Å²) in [6.07, 6.45) is 0.832. The molecule has 0 spiro atoms. The van der Waals surface area contributed by atoms with Crippen LogP contribution >= 0.6 is 24.0 Å². The number of hydrogen-bond acceptors (Lipinski definition) is 5. The molecule has 1 N–H and O–H groups in total. The van der Waals surface area contributed by atoms with Crippen molar-refractivity contribution in [2.75, 3.05) is 49.1 Å². The lowest BCUT2D eigenvalue weighted by Crippen LogP contribution is -2.39. The molecule has 0 unspecified atom stereocenters. The highest BCUT2D eigenvalue weighted by Gasteiger charge is 2.11. The normalized spacial score (nSPS) is 10.7. The van der Waals surface area contributed by atoms with Crippen molar-refractivity contribution in [1.29, 1.82) is 0 Å². The zero-order chi connectivity index (χ0) is 21.2. The molecule has 0 aliphatic carbocycles. The van der Waals surface area contributed by atoms with Gasteiger partial charge in [-0.2, -0.15) is 0 Å². The third-order valence-electron chi connectivity index (χ3n) is 4.62. The van der Waals surface area contributed by atoms with E-state index in [0.717, 1.165) is 53.1 Å². The fourth-order valence-corrected chi connectivity index (χ4v) is 3.05. The van der Waals surface area contributed by atoms with Crippen molar-refractivity contribution in [3.63, 3.8) is 0 Å². The number of rotatable bonds is 9. The molecule has 0 aromatic heterocycles. The fourth-order valence-electron chi connectivity index (χ4n) is 3.05. The predicted molar refractivity (Wildman–Crippen MR) is 131 cm³/mol. The van der Waals surface area contributed by atoms with Crippen molar-refractivity contribution in [1.82, 2.24) is 10.2 Å². The Balaban J connectivity index is 0.00000450. The molecule has 2 rings (SSSR count). The lowest BCUT2D eigenvalue weighted by Gasteiger charge is -2.23. The number of benzene rings is 2. The van der Waals surface area contributed by atoms with Gasteiger partial charge in [-0.05, 0) is 36.2 Å². The fraction of sp³-hybridized carbons (Fsp3) is 0.409. The Morgan fingerprint density at radius 1 is 0.900 bits per heavy atom. The second-order valence-corrected chi connectivity index (χ2v) is 6.45. The van der Waals surface area contributed by atoms with Crippen LogP contribution in [0.3, 0.4) is 0 Å². The van der Waals surface area contributed by atoms with Gasteiger partial charge in [-0.15, -0.1) is 24.0 Å². The molecule has 0 bridgehead atoms. The second-order valence-electron chi connectivity index (χ2n) is 6.45. The molecule has 166 valence electrons. The van der Waals surface area contributed by atoms with Crippen molar-refractivity contribution in [3.8, 4) is 23.0 Å². The van der Waals surface area contributed by atoms with Crippen LogP contribution in [0.15, 0.2) is 41.4 Å². The van der Waals surface area contributed by atoms with Crippen molar-refractivity contribution < 1.29 is 18.9 Å². The maximum atomic E-state index is 5.49. The average Bonchev–Trinajstić information content (AvgIpc) is 2.76. The molecule has 0 fully saturated rings. The van der Waals surface area contributed by atoms with Crippen LogP contribution in [0.4, 0.5) is 0 Å². The van der Waals surface area contributed by atoms with Gasteiger partial charge in [0.25, 0.3) is 0 Å². The maximum Gasteiger partial charge on any atom is 0.193 e. The Morgan fingerprint density at radius 2 is 1.60 bits per heavy atom. The highest BCUT2D eigenvalue weighted by molar-refractivity contribution is 14.0. The van der Waals surface area contributed by atoms with Gasteiger partial charge < -0.3 is 29.2 Å². The summed E-state index contributed by atoms with van der Waals surface area (Å²) >= 11 is 0. The van der Waals surface area contributed by atoms with Crippen LogP contribution in [-0.2, 0) is 13.0 Å². The number of ether oxygens (including phenoxy) is 4. The monoisotopic (exact) mass is 529 g/mol. The van der Waals surface area contributed by atoms with Crippen LogP contribution in [0.25, 0.3) is 0 Å². The largest absolute Gasteiger partial charge is 0.497 e. The number of hydrogen-bond donors (Lipinski definition) is 1. The minimum Gasteiger partial charge on any atom is -0.497 e. The van der Waals surface area contributed by atoms with Gasteiger partial charge in [0, 0.05) is 38.8 Å². The summed E-state index contributed by atoms with van der Waals surface area (Å²) in [5.41, 5.74) is 2.21. The second kappa shape index (κ2) is 13.0. The molecular weight excluding hydrogens is 497 g/mol. The maximum absolute atomic E-state index is 5.49. The molecule has 30 heavy (non-hydrogen) atoms. The Kier molecular flexibility index (Phi) is 11.2. The smallest absolute Gasteiger partial charge is 0.193 e. The van der Waals surface area contributed by atoms with E-state index < -0.39 is 0 Å². The van der Waals surface area contributed by atoms with E-state index in [0.29, 0.717) is 6.54 Å². The van der Waals surface area contributed by atoms with Crippen LogP contribution in [0.1, 0.15) is 11.1 Å². The zero-order valence-corrected chi connectivity index (χ0v) is 20.9. The van der Waals surface area contributed by atoms with Gasteiger partial charge in [-0.3, -0.25) is 4.99 Å². The predicted octanol–water partition coefficient (Wildman–Crippen LogP) is 3.59. The molecular formula is C22H32IN3O4. The molecule has 0 aliphatic heterocycles. The molecule has 0 amide bonds. The number of halogens is 1. The standard InChI is InChI=1S/C22H31N3O4.HI/c1-23-22(24-12-11-16-7-10-19(27-4)21(13-16)29-6)25(2)15-17-8-9-18(26-3)14-20(17)28-5;/h7-10,13-14H,11-12,15H2,1-6H3,(H,23,24);1H. The van der Waals surface area contributed by atoms with Gasteiger partial charge >= 0.3 is 0 Å². The van der Waals surface area contributed by atoms with E-state index in [-0.39, 0.29) is 24.0 Å². The summed E-state index contributed by atoms with van der Waals surface area (Å²) in [7, 11) is 10.4. The first kappa shape index (κ1) is 25.7. The van der Waals surface area contributed by atoms with Crippen LogP contribution in [0, 0.1) is 0 Å². The average molecular weight is 529 g/mol. The lowest BCUT2D eigenvalue weighted by molar-refractivity contribution is 0.354. The number of nitrogens with one attached hydrogen (secondary N) is 1. The summed E-state index contributed by atoms with van der Waals surface area (Å²) < 4.78 is 21.4. The molecule has 0 saturated carbocycles. The summed E-state index contributed by atoms with van der Waals surface area (Å²) in [5.74, 6) is 3.83. The van der Waals surface area contributed by atoms with Crippen LogP contribution in [0.5, 0.6) is 23.0 Å². The van der Waals surface area contributed by atoms with E-state index in [2.05, 4.69) is 15.2 Å². The van der Waals surface area contributed by atoms with Gasteiger partial charge in [-0.25, -0.2) is 0 Å².